The van der Waals surface area contributed by atoms with Gasteiger partial charge in [0.15, 0.2) is 0 Å². The number of nitrogens with zero attached hydrogens (tertiary/aromatic N) is 1. The maximum Gasteiger partial charge on any atom is 0.269 e. The lowest BCUT2D eigenvalue weighted by Gasteiger charge is -2.06. The zero-order chi connectivity index (χ0) is 12.3. The third-order valence-electron chi connectivity index (χ3n) is 1.95. The number of alkyl halides is 1. The molecule has 16 heavy (non-hydrogen) atoms. The first-order chi connectivity index (χ1) is 7.41. The van der Waals surface area contributed by atoms with E-state index in [2.05, 4.69) is 0 Å². The maximum atomic E-state index is 13.2. The summed E-state index contributed by atoms with van der Waals surface area (Å²) in [5.41, 5.74) is 4.64. The molecule has 0 aliphatic heterocycles. The molecule has 0 spiro atoms. The highest BCUT2D eigenvalue weighted by Crippen LogP contribution is 2.19. The van der Waals surface area contributed by atoms with Crippen molar-refractivity contribution in [3.05, 3.63) is 39.7 Å². The molecule has 1 rings (SSSR count). The number of nitro benzene ring substituents is 1. The largest absolute Gasteiger partial charge is 0.368 e. The van der Waals surface area contributed by atoms with Gasteiger partial charge in [0.25, 0.3) is 5.69 Å². The third kappa shape index (κ3) is 2.90. The van der Waals surface area contributed by atoms with Gasteiger partial charge in [-0.15, -0.1) is 11.6 Å². The molecule has 0 radical (unpaired) electrons. The van der Waals surface area contributed by atoms with E-state index in [4.69, 9.17) is 17.3 Å². The average Bonchev–Trinajstić information content (AvgIpc) is 2.20. The molecular formula is C9H8ClFN2O3. The molecule has 86 valence electrons. The second kappa shape index (κ2) is 4.89. The number of carbonyl (C=O) groups excluding carboxylic acids is 1. The van der Waals surface area contributed by atoms with Gasteiger partial charge in [-0.1, -0.05) is 0 Å². The van der Waals surface area contributed by atoms with Gasteiger partial charge in [-0.05, 0) is 11.6 Å². The van der Waals surface area contributed by atoms with E-state index in [9.17, 15) is 19.3 Å². The standard InChI is InChI=1S/C9H8ClFN2O3/c10-7(9(12)14)4-5-3-6(13(15)16)1-2-8(5)11/h1-3,7H,4H2,(H2,12,14). The van der Waals surface area contributed by atoms with Crippen molar-refractivity contribution in [1.82, 2.24) is 0 Å². The minimum atomic E-state index is -1.09. The van der Waals surface area contributed by atoms with Gasteiger partial charge >= 0.3 is 0 Å². The number of benzene rings is 1. The number of nitrogens with two attached hydrogens (primary N) is 1. The van der Waals surface area contributed by atoms with Crippen molar-refractivity contribution in [2.75, 3.05) is 0 Å². The van der Waals surface area contributed by atoms with E-state index in [0.717, 1.165) is 18.2 Å². The summed E-state index contributed by atoms with van der Waals surface area (Å²) in [6.45, 7) is 0. The second-order valence-corrected chi connectivity index (χ2v) is 3.63. The zero-order valence-corrected chi connectivity index (χ0v) is 8.78. The summed E-state index contributed by atoms with van der Waals surface area (Å²) in [7, 11) is 0. The van der Waals surface area contributed by atoms with Crippen molar-refractivity contribution in [2.24, 2.45) is 5.73 Å². The van der Waals surface area contributed by atoms with Crippen molar-refractivity contribution in [1.29, 1.82) is 0 Å². The van der Waals surface area contributed by atoms with Gasteiger partial charge < -0.3 is 5.73 Å². The summed E-state index contributed by atoms with van der Waals surface area (Å²) >= 11 is 5.54. The molecule has 0 aliphatic carbocycles. The van der Waals surface area contributed by atoms with Crippen LogP contribution in [0.25, 0.3) is 0 Å². The molecule has 0 heterocycles. The van der Waals surface area contributed by atoms with Crippen LogP contribution in [-0.2, 0) is 11.2 Å². The average molecular weight is 247 g/mol. The summed E-state index contributed by atoms with van der Waals surface area (Å²) in [6.07, 6.45) is -0.176. The van der Waals surface area contributed by atoms with Crippen LogP contribution in [0, 0.1) is 15.9 Å². The number of amides is 1. The molecule has 1 aromatic rings. The number of nitro groups is 1. The van der Waals surface area contributed by atoms with E-state index in [1.165, 1.54) is 0 Å². The van der Waals surface area contributed by atoms with Gasteiger partial charge in [-0.25, -0.2) is 4.39 Å². The Labute approximate surface area is 95.1 Å². The van der Waals surface area contributed by atoms with E-state index in [-0.39, 0.29) is 17.7 Å². The topological polar surface area (TPSA) is 86.2 Å². The second-order valence-electron chi connectivity index (χ2n) is 3.11. The lowest BCUT2D eigenvalue weighted by atomic mass is 10.1. The summed E-state index contributed by atoms with van der Waals surface area (Å²) < 4.78 is 13.2. The molecule has 1 aromatic carbocycles. The fourth-order valence-electron chi connectivity index (χ4n) is 1.12. The smallest absolute Gasteiger partial charge is 0.269 e. The summed E-state index contributed by atoms with van der Waals surface area (Å²) in [6, 6.07) is 3.03. The summed E-state index contributed by atoms with van der Waals surface area (Å²) in [5, 5.41) is 9.36. The Bertz CT molecular complexity index is 439. The highest BCUT2D eigenvalue weighted by Gasteiger charge is 2.17. The number of hydrogen-bond donors (Lipinski definition) is 1. The van der Waals surface area contributed by atoms with Crippen molar-refractivity contribution in [3.8, 4) is 0 Å². The van der Waals surface area contributed by atoms with Crippen LogP contribution in [-0.4, -0.2) is 16.2 Å². The van der Waals surface area contributed by atoms with Crippen LogP contribution in [0.4, 0.5) is 10.1 Å². The minimum absolute atomic E-state index is 0.00648. The zero-order valence-electron chi connectivity index (χ0n) is 8.02. The Kier molecular flexibility index (Phi) is 3.78. The molecule has 7 heteroatoms. The van der Waals surface area contributed by atoms with Gasteiger partial charge in [-0.2, -0.15) is 0 Å². The van der Waals surface area contributed by atoms with Crippen LogP contribution in [0.3, 0.4) is 0 Å². The van der Waals surface area contributed by atoms with Crippen molar-refractivity contribution < 1.29 is 14.1 Å². The first-order valence-electron chi connectivity index (χ1n) is 4.28. The SMILES string of the molecule is NC(=O)C(Cl)Cc1cc([N+](=O)[O-])ccc1F. The molecule has 0 bridgehead atoms. The van der Waals surface area contributed by atoms with E-state index in [1.54, 1.807) is 0 Å². The first kappa shape index (κ1) is 12.4. The Morgan fingerprint density at radius 1 is 1.62 bits per heavy atom. The molecule has 0 saturated carbocycles. The quantitative estimate of drug-likeness (QED) is 0.494. The highest BCUT2D eigenvalue weighted by molar-refractivity contribution is 6.30. The van der Waals surface area contributed by atoms with Gasteiger partial charge in [0.05, 0.1) is 4.92 Å². The highest BCUT2D eigenvalue weighted by atomic mass is 35.5. The molecule has 0 saturated heterocycles. The fraction of sp³-hybridized carbons (Fsp3) is 0.222. The summed E-state index contributed by atoms with van der Waals surface area (Å²) in [4.78, 5) is 20.5. The molecule has 0 aliphatic rings. The molecule has 0 aromatic heterocycles. The number of halogens is 2. The first-order valence-corrected chi connectivity index (χ1v) is 4.71. The maximum absolute atomic E-state index is 13.2. The normalized spacial score (nSPS) is 12.1. The molecule has 1 unspecified atom stereocenters. The van der Waals surface area contributed by atoms with Gasteiger partial charge in [0.1, 0.15) is 11.2 Å². The van der Waals surface area contributed by atoms with Crippen LogP contribution < -0.4 is 5.73 Å². The van der Waals surface area contributed by atoms with Crippen LogP contribution >= 0.6 is 11.6 Å². The Morgan fingerprint density at radius 2 is 2.25 bits per heavy atom. The van der Waals surface area contributed by atoms with E-state index < -0.39 is 22.0 Å². The fourth-order valence-corrected chi connectivity index (χ4v) is 1.29. The molecule has 0 fully saturated rings. The Hall–Kier alpha value is -1.69. The van der Waals surface area contributed by atoms with E-state index >= 15 is 0 Å². The van der Waals surface area contributed by atoms with Crippen LogP contribution in [0.15, 0.2) is 18.2 Å². The molecule has 2 N–H and O–H groups in total. The number of non-ortho nitro benzene ring substituents is 1. The number of primary amides is 1. The van der Waals surface area contributed by atoms with Gasteiger partial charge in [0, 0.05) is 18.6 Å². The number of rotatable bonds is 4. The lowest BCUT2D eigenvalue weighted by molar-refractivity contribution is -0.385. The lowest BCUT2D eigenvalue weighted by Crippen LogP contribution is -2.25. The predicted molar refractivity (Wildman–Crippen MR) is 55.6 cm³/mol. The Morgan fingerprint density at radius 3 is 2.75 bits per heavy atom. The Balaban J connectivity index is 2.98. The number of carbonyl (C=O) groups is 1. The summed E-state index contributed by atoms with van der Waals surface area (Å²) in [5.74, 6) is -1.45. The van der Waals surface area contributed by atoms with Crippen LogP contribution in [0.1, 0.15) is 5.56 Å². The van der Waals surface area contributed by atoms with Crippen LogP contribution in [0.5, 0.6) is 0 Å². The predicted octanol–water partition coefficient (Wildman–Crippen LogP) is 1.37. The van der Waals surface area contributed by atoms with E-state index in [0.29, 0.717) is 0 Å². The van der Waals surface area contributed by atoms with Gasteiger partial charge in [-0.3, -0.25) is 14.9 Å². The monoisotopic (exact) mass is 246 g/mol. The minimum Gasteiger partial charge on any atom is -0.368 e. The van der Waals surface area contributed by atoms with Crippen LogP contribution in [0.2, 0.25) is 0 Å². The third-order valence-corrected chi connectivity index (χ3v) is 2.32. The van der Waals surface area contributed by atoms with Crippen molar-refractivity contribution in [2.45, 2.75) is 11.8 Å². The van der Waals surface area contributed by atoms with E-state index in [1.807, 2.05) is 0 Å². The molecular weight excluding hydrogens is 239 g/mol. The molecule has 5 nitrogen and oxygen atoms in total. The molecule has 1 amide bonds. The van der Waals surface area contributed by atoms with Crippen molar-refractivity contribution >= 4 is 23.2 Å². The van der Waals surface area contributed by atoms with Crippen molar-refractivity contribution in [3.63, 3.8) is 0 Å². The molecule has 1 atom stereocenters. The number of hydrogen-bond acceptors (Lipinski definition) is 3. The van der Waals surface area contributed by atoms with Gasteiger partial charge in [0.2, 0.25) is 5.91 Å².